The lowest BCUT2D eigenvalue weighted by Crippen LogP contribution is -1.95. The van der Waals surface area contributed by atoms with Crippen molar-refractivity contribution in [3.63, 3.8) is 0 Å². The van der Waals surface area contributed by atoms with E-state index in [0.29, 0.717) is 5.82 Å². The van der Waals surface area contributed by atoms with E-state index in [2.05, 4.69) is 4.98 Å². The molecule has 0 spiro atoms. The average Bonchev–Trinajstić information content (AvgIpc) is 2.55. The minimum atomic E-state index is 0.591. The first-order valence-electron chi connectivity index (χ1n) is 4.65. The molecule has 0 aliphatic rings. The van der Waals surface area contributed by atoms with Crippen molar-refractivity contribution >= 4 is 17.6 Å². The molecule has 1 aromatic heterocycles. The van der Waals surface area contributed by atoms with Gasteiger partial charge in [0.1, 0.15) is 0 Å². The van der Waals surface area contributed by atoms with E-state index in [1.54, 1.807) is 11.8 Å². The van der Waals surface area contributed by atoms with E-state index < -0.39 is 0 Å². The second-order valence-electron chi connectivity index (χ2n) is 3.26. The van der Waals surface area contributed by atoms with Crippen molar-refractivity contribution in [3.8, 4) is 11.3 Å². The van der Waals surface area contributed by atoms with Crippen molar-refractivity contribution in [2.75, 3.05) is 12.0 Å². The van der Waals surface area contributed by atoms with Gasteiger partial charge < -0.3 is 10.3 Å². The molecule has 0 fully saturated rings. The minimum Gasteiger partial charge on any atom is -0.382 e. The molecule has 2 aromatic rings. The Bertz CT molecular complexity index is 462. The predicted octanol–water partition coefficient (Wildman–Crippen LogP) is 2.39. The fourth-order valence-corrected chi connectivity index (χ4v) is 2.17. The summed E-state index contributed by atoms with van der Waals surface area (Å²) in [6, 6.07) is 10.1. The van der Waals surface area contributed by atoms with Gasteiger partial charge in [-0.1, -0.05) is 42.1 Å². The Morgan fingerprint density at radius 3 is 2.47 bits per heavy atom. The molecule has 1 heterocycles. The highest BCUT2D eigenvalue weighted by Gasteiger charge is 2.12. The fourth-order valence-electron chi connectivity index (χ4n) is 1.62. The Hall–Kier alpha value is -1.42. The summed E-state index contributed by atoms with van der Waals surface area (Å²) in [5, 5.41) is 0.936. The smallest absolute Gasteiger partial charge is 0.170 e. The summed E-state index contributed by atoms with van der Waals surface area (Å²) < 4.78 is 2.02. The number of thioether (sulfide) groups is 1. The number of anilines is 1. The van der Waals surface area contributed by atoms with Crippen LogP contribution in [0.2, 0.25) is 0 Å². The van der Waals surface area contributed by atoms with Crippen LogP contribution in [0, 0.1) is 0 Å². The summed E-state index contributed by atoms with van der Waals surface area (Å²) in [7, 11) is 1.98. The van der Waals surface area contributed by atoms with E-state index in [9.17, 15) is 0 Å². The summed E-state index contributed by atoms with van der Waals surface area (Å²) in [5.41, 5.74) is 7.99. The summed E-state index contributed by atoms with van der Waals surface area (Å²) in [6.07, 6.45) is 2.00. The van der Waals surface area contributed by atoms with E-state index in [-0.39, 0.29) is 0 Å². The SMILES string of the molecule is CSc1nc(N)c(-c2ccccc2)n1C. The fraction of sp³-hybridized carbons (Fsp3) is 0.182. The van der Waals surface area contributed by atoms with Gasteiger partial charge in [-0.2, -0.15) is 0 Å². The molecule has 3 nitrogen and oxygen atoms in total. The summed E-state index contributed by atoms with van der Waals surface area (Å²) >= 11 is 1.60. The van der Waals surface area contributed by atoms with Crippen LogP contribution in [0.3, 0.4) is 0 Å². The molecule has 15 heavy (non-hydrogen) atoms. The first kappa shape index (κ1) is 10.1. The monoisotopic (exact) mass is 219 g/mol. The molecule has 0 aliphatic heterocycles. The van der Waals surface area contributed by atoms with Gasteiger partial charge in [-0.25, -0.2) is 4.98 Å². The van der Waals surface area contributed by atoms with Crippen LogP contribution >= 0.6 is 11.8 Å². The number of hydrogen-bond donors (Lipinski definition) is 1. The van der Waals surface area contributed by atoms with E-state index in [1.807, 2.05) is 48.2 Å². The molecule has 1 aromatic carbocycles. The molecule has 0 radical (unpaired) electrons. The van der Waals surface area contributed by atoms with Gasteiger partial charge in [0, 0.05) is 12.6 Å². The summed E-state index contributed by atoms with van der Waals surface area (Å²) in [6.45, 7) is 0. The molecule has 0 amide bonds. The Balaban J connectivity index is 2.58. The first-order chi connectivity index (χ1) is 7.24. The standard InChI is InChI=1S/C11H13N3S/c1-14-9(8-6-4-3-5-7-8)10(12)13-11(14)15-2/h3-7H,12H2,1-2H3. The van der Waals surface area contributed by atoms with Crippen LogP contribution in [-0.2, 0) is 7.05 Å². The number of nitrogens with two attached hydrogens (primary N) is 1. The number of aromatic nitrogens is 2. The van der Waals surface area contributed by atoms with Crippen LogP contribution in [0.4, 0.5) is 5.82 Å². The van der Waals surface area contributed by atoms with Crippen molar-refractivity contribution in [1.29, 1.82) is 0 Å². The third-order valence-electron chi connectivity index (χ3n) is 2.31. The van der Waals surface area contributed by atoms with Crippen LogP contribution < -0.4 is 5.73 Å². The summed E-state index contributed by atoms with van der Waals surface area (Å²) in [5.74, 6) is 0.591. The highest BCUT2D eigenvalue weighted by atomic mass is 32.2. The van der Waals surface area contributed by atoms with Gasteiger partial charge in [-0.15, -0.1) is 0 Å². The lowest BCUT2D eigenvalue weighted by atomic mass is 10.1. The van der Waals surface area contributed by atoms with Gasteiger partial charge >= 0.3 is 0 Å². The largest absolute Gasteiger partial charge is 0.382 e. The van der Waals surface area contributed by atoms with Crippen LogP contribution in [0.25, 0.3) is 11.3 Å². The number of nitrogens with zero attached hydrogens (tertiary/aromatic N) is 2. The predicted molar refractivity (Wildman–Crippen MR) is 64.8 cm³/mol. The molecule has 0 unspecified atom stereocenters. The van der Waals surface area contributed by atoms with Crippen molar-refractivity contribution in [2.24, 2.45) is 7.05 Å². The average molecular weight is 219 g/mol. The van der Waals surface area contributed by atoms with Crippen LogP contribution in [0.5, 0.6) is 0 Å². The second-order valence-corrected chi connectivity index (χ2v) is 4.03. The molecule has 4 heteroatoms. The van der Waals surface area contributed by atoms with E-state index in [1.165, 1.54) is 0 Å². The zero-order chi connectivity index (χ0) is 10.8. The maximum absolute atomic E-state index is 5.90. The Morgan fingerprint density at radius 1 is 1.27 bits per heavy atom. The first-order valence-corrected chi connectivity index (χ1v) is 5.88. The van der Waals surface area contributed by atoms with Gasteiger partial charge in [-0.3, -0.25) is 0 Å². The highest BCUT2D eigenvalue weighted by Crippen LogP contribution is 2.28. The van der Waals surface area contributed by atoms with E-state index in [4.69, 9.17) is 5.73 Å². The number of benzene rings is 1. The van der Waals surface area contributed by atoms with Crippen molar-refractivity contribution in [2.45, 2.75) is 5.16 Å². The maximum Gasteiger partial charge on any atom is 0.170 e. The summed E-state index contributed by atoms with van der Waals surface area (Å²) in [4.78, 5) is 4.31. The maximum atomic E-state index is 5.90. The molecule has 0 bridgehead atoms. The molecule has 0 aliphatic carbocycles. The van der Waals surface area contributed by atoms with Crippen LogP contribution in [0.1, 0.15) is 0 Å². The normalized spacial score (nSPS) is 10.5. The molecule has 0 saturated carbocycles. The van der Waals surface area contributed by atoms with Crippen molar-refractivity contribution < 1.29 is 0 Å². The second kappa shape index (κ2) is 3.98. The third-order valence-corrected chi connectivity index (χ3v) is 3.04. The minimum absolute atomic E-state index is 0.591. The quantitative estimate of drug-likeness (QED) is 0.789. The van der Waals surface area contributed by atoms with Gasteiger partial charge in [0.15, 0.2) is 11.0 Å². The molecule has 2 N–H and O–H groups in total. The molecular weight excluding hydrogens is 206 g/mol. The zero-order valence-electron chi connectivity index (χ0n) is 8.77. The third kappa shape index (κ3) is 1.72. The number of nitrogen functional groups attached to an aromatic ring is 1. The molecule has 2 rings (SSSR count). The van der Waals surface area contributed by atoms with Gasteiger partial charge in [-0.05, 0) is 6.26 Å². The van der Waals surface area contributed by atoms with Gasteiger partial charge in [0.05, 0.1) is 5.69 Å². The lowest BCUT2D eigenvalue weighted by molar-refractivity contribution is 0.798. The topological polar surface area (TPSA) is 43.8 Å². The highest BCUT2D eigenvalue weighted by molar-refractivity contribution is 7.98. The van der Waals surface area contributed by atoms with Crippen molar-refractivity contribution in [1.82, 2.24) is 9.55 Å². The van der Waals surface area contributed by atoms with Crippen molar-refractivity contribution in [3.05, 3.63) is 30.3 Å². The zero-order valence-corrected chi connectivity index (χ0v) is 9.58. The molecule has 78 valence electrons. The molecular formula is C11H13N3S. The van der Waals surface area contributed by atoms with Crippen LogP contribution in [0.15, 0.2) is 35.5 Å². The number of hydrogen-bond acceptors (Lipinski definition) is 3. The number of rotatable bonds is 2. The Morgan fingerprint density at radius 2 is 1.93 bits per heavy atom. The van der Waals surface area contributed by atoms with E-state index >= 15 is 0 Å². The van der Waals surface area contributed by atoms with Gasteiger partial charge in [0.2, 0.25) is 0 Å². The van der Waals surface area contributed by atoms with E-state index in [0.717, 1.165) is 16.4 Å². The molecule has 0 saturated heterocycles. The lowest BCUT2D eigenvalue weighted by Gasteiger charge is -2.04. The Labute approximate surface area is 93.3 Å². The molecule has 0 atom stereocenters. The van der Waals surface area contributed by atoms with Gasteiger partial charge in [0.25, 0.3) is 0 Å². The van der Waals surface area contributed by atoms with Crippen LogP contribution in [-0.4, -0.2) is 15.8 Å². The number of imidazole rings is 1. The Kier molecular flexibility index (Phi) is 2.68.